The summed E-state index contributed by atoms with van der Waals surface area (Å²) in [6.07, 6.45) is 8.84. The fraction of sp³-hybridized carbons (Fsp3) is 0.133. The Hall–Kier alpha value is -2.40. The molecule has 0 N–H and O–H groups in total. The minimum absolute atomic E-state index is 0.513. The van der Waals surface area contributed by atoms with E-state index in [2.05, 4.69) is 15.0 Å². The molecule has 0 bridgehead atoms. The zero-order valence-electron chi connectivity index (χ0n) is 11.4. The van der Waals surface area contributed by atoms with Crippen LogP contribution in [0.2, 0.25) is 5.02 Å². The molecule has 0 atom stereocenters. The highest BCUT2D eigenvalue weighted by atomic mass is 35.5. The van der Waals surface area contributed by atoms with E-state index in [0.29, 0.717) is 10.9 Å². The van der Waals surface area contributed by atoms with Crippen LogP contribution in [0.3, 0.4) is 0 Å². The number of imidazole rings is 1. The van der Waals surface area contributed by atoms with Gasteiger partial charge in [0.25, 0.3) is 0 Å². The molecule has 21 heavy (non-hydrogen) atoms. The van der Waals surface area contributed by atoms with Crippen molar-refractivity contribution < 1.29 is 4.74 Å². The normalized spacial score (nSPS) is 10.6. The summed E-state index contributed by atoms with van der Waals surface area (Å²) in [5, 5.41) is 0.547. The first kappa shape index (κ1) is 13.6. The number of methoxy groups -OCH3 is 1. The molecule has 0 unspecified atom stereocenters. The van der Waals surface area contributed by atoms with Gasteiger partial charge < -0.3 is 9.30 Å². The lowest BCUT2D eigenvalue weighted by molar-refractivity contribution is 0.398. The first-order valence-electron chi connectivity index (χ1n) is 6.37. The highest BCUT2D eigenvalue weighted by Crippen LogP contribution is 2.28. The Bertz CT molecular complexity index is 726. The van der Waals surface area contributed by atoms with E-state index in [4.69, 9.17) is 16.3 Å². The summed E-state index contributed by atoms with van der Waals surface area (Å²) < 4.78 is 7.10. The van der Waals surface area contributed by atoms with Gasteiger partial charge in [-0.2, -0.15) is 0 Å². The molecule has 106 valence electrons. The molecule has 0 amide bonds. The van der Waals surface area contributed by atoms with Gasteiger partial charge in [0.1, 0.15) is 0 Å². The lowest BCUT2D eigenvalue weighted by Gasteiger charge is -2.07. The zero-order valence-corrected chi connectivity index (χ0v) is 12.2. The molecular weight excluding hydrogens is 288 g/mol. The van der Waals surface area contributed by atoms with Crippen LogP contribution in [0.5, 0.6) is 5.88 Å². The molecule has 0 spiro atoms. The van der Waals surface area contributed by atoms with E-state index < -0.39 is 0 Å². The van der Waals surface area contributed by atoms with Gasteiger partial charge in [-0.1, -0.05) is 17.7 Å². The first-order valence-corrected chi connectivity index (χ1v) is 6.74. The van der Waals surface area contributed by atoms with Gasteiger partial charge >= 0.3 is 0 Å². The average molecular weight is 301 g/mol. The minimum Gasteiger partial charge on any atom is -0.481 e. The predicted molar refractivity (Wildman–Crippen MR) is 80.4 cm³/mol. The smallest absolute Gasteiger partial charge is 0.213 e. The van der Waals surface area contributed by atoms with Gasteiger partial charge in [0.2, 0.25) is 5.88 Å². The summed E-state index contributed by atoms with van der Waals surface area (Å²) in [6, 6.07) is 5.73. The number of aromatic nitrogens is 4. The molecule has 0 aliphatic rings. The monoisotopic (exact) mass is 300 g/mol. The van der Waals surface area contributed by atoms with Gasteiger partial charge in [-0.25, -0.2) is 9.97 Å². The maximum Gasteiger partial charge on any atom is 0.213 e. The Morgan fingerprint density at radius 1 is 1.24 bits per heavy atom. The Kier molecular flexibility index (Phi) is 3.83. The highest BCUT2D eigenvalue weighted by Gasteiger charge is 2.08. The molecular formula is C15H13ClN4O. The summed E-state index contributed by atoms with van der Waals surface area (Å²) in [6.45, 7) is 0.737. The van der Waals surface area contributed by atoms with Crippen LogP contribution in [0, 0.1) is 0 Å². The van der Waals surface area contributed by atoms with Crippen molar-refractivity contribution in [3.63, 3.8) is 0 Å². The topological polar surface area (TPSA) is 52.8 Å². The Labute approximate surface area is 127 Å². The average Bonchev–Trinajstić information content (AvgIpc) is 3.02. The SMILES string of the molecule is COc1cc(-c2ccc(Cn3ccnc3)cn2)c(Cl)cn1. The molecule has 0 aliphatic heterocycles. The number of hydrogen-bond acceptors (Lipinski definition) is 4. The van der Waals surface area contributed by atoms with Crippen LogP contribution in [0.1, 0.15) is 5.56 Å². The summed E-state index contributed by atoms with van der Waals surface area (Å²) >= 11 is 6.17. The van der Waals surface area contributed by atoms with E-state index in [-0.39, 0.29) is 0 Å². The van der Waals surface area contributed by atoms with Crippen molar-refractivity contribution in [2.24, 2.45) is 0 Å². The number of pyridine rings is 2. The molecule has 6 heteroatoms. The van der Waals surface area contributed by atoms with E-state index in [0.717, 1.165) is 23.4 Å². The number of halogens is 1. The van der Waals surface area contributed by atoms with Crippen molar-refractivity contribution >= 4 is 11.6 Å². The van der Waals surface area contributed by atoms with Gasteiger partial charge in [0.15, 0.2) is 0 Å². The molecule has 3 rings (SSSR count). The second-order valence-electron chi connectivity index (χ2n) is 4.49. The second-order valence-corrected chi connectivity index (χ2v) is 4.90. The van der Waals surface area contributed by atoms with E-state index in [1.165, 1.54) is 0 Å². The summed E-state index contributed by atoms with van der Waals surface area (Å²) in [5.41, 5.74) is 2.68. The van der Waals surface area contributed by atoms with E-state index >= 15 is 0 Å². The van der Waals surface area contributed by atoms with Crippen molar-refractivity contribution in [3.8, 4) is 17.1 Å². The van der Waals surface area contributed by atoms with Gasteiger partial charge in [-0.05, 0) is 11.6 Å². The Balaban J connectivity index is 1.87. The molecule has 3 aromatic rings. The van der Waals surface area contributed by atoms with Crippen LogP contribution < -0.4 is 4.74 Å². The Morgan fingerprint density at radius 3 is 2.81 bits per heavy atom. The fourth-order valence-electron chi connectivity index (χ4n) is 2.00. The molecule has 0 aliphatic carbocycles. The third kappa shape index (κ3) is 3.03. The van der Waals surface area contributed by atoms with E-state index in [9.17, 15) is 0 Å². The molecule has 0 saturated carbocycles. The van der Waals surface area contributed by atoms with Gasteiger partial charge in [0, 0.05) is 36.8 Å². The van der Waals surface area contributed by atoms with Crippen molar-refractivity contribution in [2.45, 2.75) is 6.54 Å². The third-order valence-corrected chi connectivity index (χ3v) is 3.37. The van der Waals surface area contributed by atoms with Crippen molar-refractivity contribution in [2.75, 3.05) is 7.11 Å². The van der Waals surface area contributed by atoms with Crippen molar-refractivity contribution in [1.29, 1.82) is 0 Å². The molecule has 0 aromatic carbocycles. The number of ether oxygens (including phenoxy) is 1. The Morgan fingerprint density at radius 2 is 2.14 bits per heavy atom. The van der Waals surface area contributed by atoms with Crippen LogP contribution >= 0.6 is 11.6 Å². The lowest BCUT2D eigenvalue weighted by atomic mass is 10.1. The van der Waals surface area contributed by atoms with Gasteiger partial charge in [-0.15, -0.1) is 0 Å². The molecule has 5 nitrogen and oxygen atoms in total. The maximum absolute atomic E-state index is 6.17. The summed E-state index contributed by atoms with van der Waals surface area (Å²) in [5.74, 6) is 0.513. The van der Waals surface area contributed by atoms with Crippen LogP contribution in [0.25, 0.3) is 11.3 Å². The first-order chi connectivity index (χ1) is 10.3. The number of rotatable bonds is 4. The standard InChI is InChI=1S/C15H13ClN4O/c1-21-15-6-12(13(16)8-19-15)14-3-2-11(7-18-14)9-20-5-4-17-10-20/h2-8,10H,9H2,1H3. The molecule has 0 radical (unpaired) electrons. The fourth-order valence-corrected chi connectivity index (χ4v) is 2.20. The minimum atomic E-state index is 0.513. The van der Waals surface area contributed by atoms with Crippen LogP contribution in [-0.2, 0) is 6.54 Å². The van der Waals surface area contributed by atoms with Crippen LogP contribution in [0.4, 0.5) is 0 Å². The molecule has 3 aromatic heterocycles. The summed E-state index contributed by atoms with van der Waals surface area (Å²) in [4.78, 5) is 12.5. The third-order valence-electron chi connectivity index (χ3n) is 3.06. The molecule has 0 saturated heterocycles. The number of hydrogen-bond donors (Lipinski definition) is 0. The van der Waals surface area contributed by atoms with E-state index in [1.807, 2.05) is 29.1 Å². The number of nitrogens with zero attached hydrogens (tertiary/aromatic N) is 4. The van der Waals surface area contributed by atoms with Crippen LogP contribution in [0.15, 0.2) is 49.3 Å². The van der Waals surface area contributed by atoms with Gasteiger partial charge in [-0.3, -0.25) is 4.98 Å². The molecule has 3 heterocycles. The lowest BCUT2D eigenvalue weighted by Crippen LogP contribution is -1.97. The van der Waals surface area contributed by atoms with E-state index in [1.54, 1.807) is 31.9 Å². The highest BCUT2D eigenvalue weighted by molar-refractivity contribution is 6.33. The van der Waals surface area contributed by atoms with Crippen molar-refractivity contribution in [1.82, 2.24) is 19.5 Å². The second kappa shape index (κ2) is 5.93. The largest absolute Gasteiger partial charge is 0.481 e. The zero-order chi connectivity index (χ0) is 14.7. The maximum atomic E-state index is 6.17. The predicted octanol–water partition coefficient (Wildman–Crippen LogP) is 3.05. The van der Waals surface area contributed by atoms with Crippen molar-refractivity contribution in [3.05, 3.63) is 59.9 Å². The quantitative estimate of drug-likeness (QED) is 0.743. The van der Waals surface area contributed by atoms with Gasteiger partial charge in [0.05, 0.1) is 30.4 Å². The summed E-state index contributed by atoms with van der Waals surface area (Å²) in [7, 11) is 1.57. The van der Waals surface area contributed by atoms with Crippen LogP contribution in [-0.4, -0.2) is 26.6 Å². The molecule has 0 fully saturated rings.